The van der Waals surface area contributed by atoms with E-state index < -0.39 is 6.10 Å². The smallest absolute Gasteiger partial charge is 0.138 e. The van der Waals surface area contributed by atoms with Crippen molar-refractivity contribution in [2.24, 2.45) is 0 Å². The van der Waals surface area contributed by atoms with Gasteiger partial charge in [-0.2, -0.15) is 0 Å². The molecule has 0 aromatic heterocycles. The van der Waals surface area contributed by atoms with Crippen molar-refractivity contribution in [3.63, 3.8) is 0 Å². The lowest BCUT2D eigenvalue weighted by atomic mass is 9.88. The van der Waals surface area contributed by atoms with Crippen molar-refractivity contribution in [3.8, 4) is 11.5 Å². The number of hydrogen-bond acceptors (Lipinski definition) is 4. The van der Waals surface area contributed by atoms with Gasteiger partial charge in [0, 0.05) is 12.6 Å². The Balaban J connectivity index is 1.45. The molecule has 3 rings (SSSR count). The second-order valence-corrected chi connectivity index (χ2v) is 6.60. The number of nitrogens with one attached hydrogen (secondary N) is 1. The number of aromatic hydroxyl groups is 1. The number of aryl methyl sites for hydroxylation is 1. The maximum absolute atomic E-state index is 10.1. The molecule has 3 N–H and O–H groups in total. The number of hydrogen-bond donors (Lipinski definition) is 3. The average molecular weight is 348 g/mol. The summed E-state index contributed by atoms with van der Waals surface area (Å²) in [5, 5.41) is 23.6. The minimum absolute atomic E-state index is 0.195. The Labute approximate surface area is 147 Å². The summed E-state index contributed by atoms with van der Waals surface area (Å²) in [4.78, 5) is 0. The molecule has 2 aromatic carbocycles. The van der Waals surface area contributed by atoms with Gasteiger partial charge < -0.3 is 20.3 Å². The van der Waals surface area contributed by atoms with Crippen molar-refractivity contribution in [2.45, 2.75) is 31.4 Å². The summed E-state index contributed by atoms with van der Waals surface area (Å²) in [6.07, 6.45) is 2.27. The first-order chi connectivity index (χ1) is 11.6. The standard InChI is InChI=1S/C19H22ClNO3/c20-18-3-1-2-4-19(18)24-12-17(23)11-21-15-7-5-13-6-8-16(22)10-14(13)9-15/h1-4,6,8,10,15,17,21-23H,5,7,9,11-12H2. The van der Waals surface area contributed by atoms with Crippen molar-refractivity contribution in [1.29, 1.82) is 0 Å². The molecule has 1 aliphatic rings. The zero-order valence-electron chi connectivity index (χ0n) is 13.4. The van der Waals surface area contributed by atoms with E-state index in [0.29, 0.717) is 29.1 Å². The predicted molar refractivity (Wildman–Crippen MR) is 94.9 cm³/mol. The van der Waals surface area contributed by atoms with Crippen LogP contribution in [-0.4, -0.2) is 35.5 Å². The number of fused-ring (bicyclic) bond motifs is 1. The summed E-state index contributed by atoms with van der Waals surface area (Å²) < 4.78 is 5.56. The molecule has 0 amide bonds. The molecule has 2 unspecified atom stereocenters. The van der Waals surface area contributed by atoms with Crippen molar-refractivity contribution >= 4 is 11.6 Å². The molecule has 4 nitrogen and oxygen atoms in total. The summed E-state index contributed by atoms with van der Waals surface area (Å²) in [6, 6.07) is 13.1. The van der Waals surface area contributed by atoms with Gasteiger partial charge in [0.2, 0.25) is 0 Å². The normalized spacial score (nSPS) is 18.0. The summed E-state index contributed by atoms with van der Waals surface area (Å²) in [5.74, 6) is 0.892. The molecule has 0 radical (unpaired) electrons. The van der Waals surface area contributed by atoms with Crippen molar-refractivity contribution < 1.29 is 14.9 Å². The fourth-order valence-electron chi connectivity index (χ4n) is 3.03. The van der Waals surface area contributed by atoms with E-state index in [9.17, 15) is 10.2 Å². The third-order valence-electron chi connectivity index (χ3n) is 4.33. The van der Waals surface area contributed by atoms with Crippen LogP contribution in [0.3, 0.4) is 0 Å². The molecule has 1 aliphatic carbocycles. The largest absolute Gasteiger partial charge is 0.508 e. The van der Waals surface area contributed by atoms with Crippen LogP contribution in [0.15, 0.2) is 42.5 Å². The van der Waals surface area contributed by atoms with Crippen LogP contribution in [-0.2, 0) is 12.8 Å². The van der Waals surface area contributed by atoms with Gasteiger partial charge in [-0.15, -0.1) is 0 Å². The number of benzene rings is 2. The molecule has 0 saturated carbocycles. The predicted octanol–water partition coefficient (Wildman–Crippen LogP) is 2.93. The van der Waals surface area contributed by atoms with Gasteiger partial charge in [-0.1, -0.05) is 29.8 Å². The Hall–Kier alpha value is -1.75. The number of ether oxygens (including phenoxy) is 1. The van der Waals surface area contributed by atoms with Crippen molar-refractivity contribution in [2.75, 3.05) is 13.2 Å². The van der Waals surface area contributed by atoms with Crippen LogP contribution in [0, 0.1) is 0 Å². The van der Waals surface area contributed by atoms with Crippen LogP contribution in [0.25, 0.3) is 0 Å². The molecule has 24 heavy (non-hydrogen) atoms. The maximum Gasteiger partial charge on any atom is 0.138 e. The molecule has 128 valence electrons. The molecular weight excluding hydrogens is 326 g/mol. The van der Waals surface area contributed by atoms with Crippen LogP contribution in [0.5, 0.6) is 11.5 Å². The molecule has 2 atom stereocenters. The minimum Gasteiger partial charge on any atom is -0.508 e. The Morgan fingerprint density at radius 2 is 2.04 bits per heavy atom. The van der Waals surface area contributed by atoms with Crippen LogP contribution in [0.1, 0.15) is 17.5 Å². The van der Waals surface area contributed by atoms with E-state index in [0.717, 1.165) is 19.3 Å². The Bertz CT molecular complexity index is 692. The van der Waals surface area contributed by atoms with Crippen molar-refractivity contribution in [3.05, 3.63) is 58.6 Å². The Kier molecular flexibility index (Phi) is 5.61. The maximum atomic E-state index is 10.1. The lowest BCUT2D eigenvalue weighted by molar-refractivity contribution is 0.103. The van der Waals surface area contributed by atoms with E-state index in [1.165, 1.54) is 11.1 Å². The first-order valence-corrected chi connectivity index (χ1v) is 8.59. The summed E-state index contributed by atoms with van der Waals surface area (Å²) >= 11 is 6.02. The summed E-state index contributed by atoms with van der Waals surface area (Å²) in [6.45, 7) is 0.657. The lowest BCUT2D eigenvalue weighted by Gasteiger charge is -2.26. The number of para-hydroxylation sites is 1. The zero-order chi connectivity index (χ0) is 16.9. The molecule has 2 aromatic rings. The highest BCUT2D eigenvalue weighted by atomic mass is 35.5. The van der Waals surface area contributed by atoms with E-state index in [1.54, 1.807) is 18.2 Å². The van der Waals surface area contributed by atoms with Gasteiger partial charge in [0.05, 0.1) is 5.02 Å². The molecular formula is C19H22ClNO3. The SMILES string of the molecule is Oc1ccc2c(c1)CC(NCC(O)COc1ccccc1Cl)CC2. The van der Waals surface area contributed by atoms with Crippen LogP contribution in [0.2, 0.25) is 5.02 Å². The third-order valence-corrected chi connectivity index (χ3v) is 4.64. The lowest BCUT2D eigenvalue weighted by Crippen LogP contribution is -2.40. The van der Waals surface area contributed by atoms with Crippen LogP contribution >= 0.6 is 11.6 Å². The topological polar surface area (TPSA) is 61.7 Å². The number of halogens is 1. The molecule has 0 bridgehead atoms. The zero-order valence-corrected chi connectivity index (χ0v) is 14.2. The highest BCUT2D eigenvalue weighted by molar-refractivity contribution is 6.32. The second-order valence-electron chi connectivity index (χ2n) is 6.20. The number of phenolic OH excluding ortho intramolecular Hbond substituents is 1. The van der Waals surface area contributed by atoms with E-state index in [-0.39, 0.29) is 6.61 Å². The highest BCUT2D eigenvalue weighted by Crippen LogP contribution is 2.25. The summed E-state index contributed by atoms with van der Waals surface area (Å²) in [7, 11) is 0. The van der Waals surface area contributed by atoms with Crippen LogP contribution in [0.4, 0.5) is 0 Å². The first-order valence-electron chi connectivity index (χ1n) is 8.21. The number of phenols is 1. The number of rotatable bonds is 6. The number of aliphatic hydroxyl groups excluding tert-OH is 1. The Morgan fingerprint density at radius 3 is 2.88 bits per heavy atom. The number of aliphatic hydroxyl groups is 1. The van der Waals surface area contributed by atoms with Gasteiger partial charge >= 0.3 is 0 Å². The fraction of sp³-hybridized carbons (Fsp3) is 0.368. The summed E-state index contributed by atoms with van der Waals surface area (Å²) in [5.41, 5.74) is 2.48. The second kappa shape index (κ2) is 7.88. The van der Waals surface area contributed by atoms with Gasteiger partial charge in [-0.25, -0.2) is 0 Å². The van der Waals surface area contributed by atoms with Gasteiger partial charge in [0.15, 0.2) is 0 Å². The fourth-order valence-corrected chi connectivity index (χ4v) is 3.22. The van der Waals surface area contributed by atoms with E-state index in [1.807, 2.05) is 24.3 Å². The van der Waals surface area contributed by atoms with Gasteiger partial charge in [0.25, 0.3) is 0 Å². The Morgan fingerprint density at radius 1 is 1.21 bits per heavy atom. The highest BCUT2D eigenvalue weighted by Gasteiger charge is 2.19. The van der Waals surface area contributed by atoms with E-state index >= 15 is 0 Å². The third kappa shape index (κ3) is 4.41. The van der Waals surface area contributed by atoms with E-state index in [4.69, 9.17) is 16.3 Å². The molecule has 5 heteroatoms. The van der Waals surface area contributed by atoms with Crippen LogP contribution < -0.4 is 10.1 Å². The molecule has 0 fully saturated rings. The van der Waals surface area contributed by atoms with E-state index in [2.05, 4.69) is 5.32 Å². The molecule has 0 heterocycles. The van der Waals surface area contributed by atoms with Crippen molar-refractivity contribution in [1.82, 2.24) is 5.32 Å². The quantitative estimate of drug-likeness (QED) is 0.752. The van der Waals surface area contributed by atoms with Gasteiger partial charge in [0.1, 0.15) is 24.2 Å². The van der Waals surface area contributed by atoms with Gasteiger partial charge in [-0.3, -0.25) is 0 Å². The minimum atomic E-state index is -0.605. The molecule has 0 saturated heterocycles. The molecule has 0 spiro atoms. The molecule has 0 aliphatic heterocycles. The average Bonchev–Trinajstić information content (AvgIpc) is 2.59. The first kappa shape index (κ1) is 17.1. The van der Waals surface area contributed by atoms with Gasteiger partial charge in [-0.05, 0) is 54.7 Å². The monoisotopic (exact) mass is 347 g/mol.